The summed E-state index contributed by atoms with van der Waals surface area (Å²) in [5.74, 6) is -0.890. The van der Waals surface area contributed by atoms with Gasteiger partial charge in [-0.2, -0.15) is 0 Å². The second-order valence-corrected chi connectivity index (χ2v) is 20.6. The smallest absolute Gasteiger partial charge is 0.306 e. The van der Waals surface area contributed by atoms with Crippen LogP contribution in [-0.4, -0.2) is 37.2 Å². The highest BCUT2D eigenvalue weighted by Gasteiger charge is 2.19. The van der Waals surface area contributed by atoms with Crippen molar-refractivity contribution in [3.63, 3.8) is 0 Å². The molecule has 0 spiro atoms. The number of hydrogen-bond donors (Lipinski definition) is 0. The summed E-state index contributed by atoms with van der Waals surface area (Å²) >= 11 is 0. The average molecular weight is 1030 g/mol. The van der Waals surface area contributed by atoms with Gasteiger partial charge in [0.05, 0.1) is 0 Å². The molecule has 0 aliphatic heterocycles. The molecule has 6 nitrogen and oxygen atoms in total. The maximum absolute atomic E-state index is 12.8. The van der Waals surface area contributed by atoms with Crippen LogP contribution in [0.5, 0.6) is 0 Å². The molecule has 1 unspecified atom stereocenters. The van der Waals surface area contributed by atoms with E-state index in [0.717, 1.165) is 122 Å². The molecule has 1 atom stereocenters. The third-order valence-corrected chi connectivity index (χ3v) is 13.3. The minimum Gasteiger partial charge on any atom is -0.462 e. The van der Waals surface area contributed by atoms with Gasteiger partial charge in [0, 0.05) is 19.3 Å². The third-order valence-electron chi connectivity index (χ3n) is 13.3. The minimum atomic E-state index is -0.782. The van der Waals surface area contributed by atoms with Gasteiger partial charge >= 0.3 is 17.9 Å². The summed E-state index contributed by atoms with van der Waals surface area (Å²) in [6.07, 6.45) is 82.8. The SMILES string of the molecule is CC/C=C\C/C=C\C/C=C\C/C=C\C/C=C\C/C=C\C/C=C\CCCCCCCCCCCC(=O)OCC(COC(=O)CCCCCCCCCCC)OC(=O)CCCCCCC/C=C\CCCCCCCCC. The first-order chi connectivity index (χ1) is 36.5. The van der Waals surface area contributed by atoms with E-state index >= 15 is 0 Å². The molecule has 0 fully saturated rings. The Morgan fingerprint density at radius 3 is 0.838 bits per heavy atom. The Balaban J connectivity index is 4.20. The quantitative estimate of drug-likeness (QED) is 0.0261. The van der Waals surface area contributed by atoms with Crippen molar-refractivity contribution in [3.8, 4) is 0 Å². The van der Waals surface area contributed by atoms with Crippen molar-refractivity contribution in [1.82, 2.24) is 0 Å². The Morgan fingerprint density at radius 1 is 0.284 bits per heavy atom. The molecule has 0 rings (SSSR count). The van der Waals surface area contributed by atoms with E-state index in [4.69, 9.17) is 14.2 Å². The molecule has 0 aliphatic rings. The summed E-state index contributed by atoms with van der Waals surface area (Å²) in [6.45, 7) is 6.51. The number of esters is 3. The first kappa shape index (κ1) is 70.3. The van der Waals surface area contributed by atoms with E-state index < -0.39 is 6.10 Å². The molecular formula is C68H116O6. The van der Waals surface area contributed by atoms with Gasteiger partial charge in [-0.15, -0.1) is 0 Å². The molecule has 0 aliphatic carbocycles. The van der Waals surface area contributed by atoms with E-state index in [1.165, 1.54) is 135 Å². The van der Waals surface area contributed by atoms with Crippen molar-refractivity contribution in [3.05, 3.63) is 97.2 Å². The van der Waals surface area contributed by atoms with Crippen molar-refractivity contribution in [1.29, 1.82) is 0 Å². The number of hydrogen-bond acceptors (Lipinski definition) is 6. The van der Waals surface area contributed by atoms with Crippen molar-refractivity contribution in [2.75, 3.05) is 13.2 Å². The fraction of sp³-hybridized carbons (Fsp3) is 0.721. The van der Waals surface area contributed by atoms with Crippen molar-refractivity contribution < 1.29 is 28.6 Å². The summed E-state index contributed by atoms with van der Waals surface area (Å²) < 4.78 is 16.8. The molecule has 0 radical (unpaired) electrons. The lowest BCUT2D eigenvalue weighted by Crippen LogP contribution is -2.30. The number of allylic oxidation sites excluding steroid dienone is 16. The molecule has 0 N–H and O–H groups in total. The van der Waals surface area contributed by atoms with Gasteiger partial charge in [0.2, 0.25) is 0 Å². The van der Waals surface area contributed by atoms with E-state index in [1.807, 2.05) is 0 Å². The van der Waals surface area contributed by atoms with Gasteiger partial charge in [0.15, 0.2) is 6.10 Å². The second-order valence-electron chi connectivity index (χ2n) is 20.6. The molecule has 0 aromatic carbocycles. The van der Waals surface area contributed by atoms with E-state index in [-0.39, 0.29) is 31.1 Å². The fourth-order valence-electron chi connectivity index (χ4n) is 8.65. The number of rotatable bonds is 56. The zero-order valence-corrected chi connectivity index (χ0v) is 48.6. The first-order valence-corrected chi connectivity index (χ1v) is 31.2. The average Bonchev–Trinajstić information content (AvgIpc) is 3.40. The fourth-order valence-corrected chi connectivity index (χ4v) is 8.65. The van der Waals surface area contributed by atoms with Crippen molar-refractivity contribution in [2.24, 2.45) is 0 Å². The lowest BCUT2D eigenvalue weighted by molar-refractivity contribution is -0.167. The maximum atomic E-state index is 12.8. The molecule has 0 bridgehead atoms. The van der Waals surface area contributed by atoms with Crippen LogP contribution in [0.25, 0.3) is 0 Å². The Hall–Kier alpha value is -3.67. The topological polar surface area (TPSA) is 78.9 Å². The molecule has 0 saturated heterocycles. The van der Waals surface area contributed by atoms with Gasteiger partial charge in [0.1, 0.15) is 13.2 Å². The zero-order chi connectivity index (χ0) is 53.6. The summed E-state index contributed by atoms with van der Waals surface area (Å²) in [7, 11) is 0. The van der Waals surface area contributed by atoms with Gasteiger partial charge in [-0.05, 0) is 103 Å². The molecule has 0 heterocycles. The van der Waals surface area contributed by atoms with E-state index in [1.54, 1.807) is 0 Å². The normalized spacial score (nSPS) is 12.7. The van der Waals surface area contributed by atoms with Crippen LogP contribution in [0.3, 0.4) is 0 Å². The molecule has 0 saturated carbocycles. The predicted molar refractivity (Wildman–Crippen MR) is 320 cm³/mol. The summed E-state index contributed by atoms with van der Waals surface area (Å²) in [4.78, 5) is 38.1. The lowest BCUT2D eigenvalue weighted by Gasteiger charge is -2.18. The summed E-state index contributed by atoms with van der Waals surface area (Å²) in [5.41, 5.74) is 0. The van der Waals surface area contributed by atoms with Crippen molar-refractivity contribution in [2.45, 2.75) is 303 Å². The largest absolute Gasteiger partial charge is 0.462 e. The van der Waals surface area contributed by atoms with Crippen LogP contribution in [0, 0.1) is 0 Å². The standard InChI is InChI=1S/C68H116O6/c1-4-7-10-13-16-19-21-23-25-27-28-29-30-31-32-33-34-35-36-37-38-39-40-41-43-44-46-49-52-55-58-61-67(70)73-64-65(63-72-66(69)60-57-54-51-48-18-15-12-9-6-3)74-68(71)62-59-56-53-50-47-45-42-26-24-22-20-17-14-11-8-5-2/h7,10,16,19,23,25-26,28-29,31-32,34-35,37-38,42,65H,4-6,8-9,11-15,17-18,20-22,24,27,30,33,36,39-41,43-64H2,1-3H3/b10-7-,19-16-,25-23-,29-28-,32-31-,35-34-,38-37-,42-26-. The highest BCUT2D eigenvalue weighted by molar-refractivity contribution is 5.71. The highest BCUT2D eigenvalue weighted by Crippen LogP contribution is 2.15. The molecule has 424 valence electrons. The van der Waals surface area contributed by atoms with Gasteiger partial charge in [-0.1, -0.05) is 272 Å². The van der Waals surface area contributed by atoms with E-state index in [9.17, 15) is 14.4 Å². The van der Waals surface area contributed by atoms with Gasteiger partial charge < -0.3 is 14.2 Å². The van der Waals surface area contributed by atoms with Crippen LogP contribution >= 0.6 is 0 Å². The van der Waals surface area contributed by atoms with Gasteiger partial charge in [-0.3, -0.25) is 14.4 Å². The van der Waals surface area contributed by atoms with E-state index in [0.29, 0.717) is 19.3 Å². The second kappa shape index (κ2) is 61.9. The van der Waals surface area contributed by atoms with E-state index in [2.05, 4.69) is 118 Å². The Bertz CT molecular complexity index is 1460. The van der Waals surface area contributed by atoms with Crippen LogP contribution in [0.15, 0.2) is 97.2 Å². The van der Waals surface area contributed by atoms with Crippen LogP contribution in [0.4, 0.5) is 0 Å². The summed E-state index contributed by atoms with van der Waals surface area (Å²) in [5, 5.41) is 0. The van der Waals surface area contributed by atoms with Crippen molar-refractivity contribution >= 4 is 17.9 Å². The van der Waals surface area contributed by atoms with Gasteiger partial charge in [0.25, 0.3) is 0 Å². The van der Waals surface area contributed by atoms with Crippen LogP contribution < -0.4 is 0 Å². The predicted octanol–water partition coefficient (Wildman–Crippen LogP) is 21.3. The molecule has 6 heteroatoms. The lowest BCUT2D eigenvalue weighted by atomic mass is 10.1. The number of ether oxygens (including phenoxy) is 3. The molecule has 0 aromatic heterocycles. The number of carbonyl (C=O) groups is 3. The third kappa shape index (κ3) is 59.2. The molecule has 0 aromatic rings. The number of carbonyl (C=O) groups excluding carboxylic acids is 3. The first-order valence-electron chi connectivity index (χ1n) is 31.2. The van der Waals surface area contributed by atoms with Crippen LogP contribution in [0.2, 0.25) is 0 Å². The molecular weight excluding hydrogens is 913 g/mol. The zero-order valence-electron chi connectivity index (χ0n) is 48.6. The Morgan fingerprint density at radius 2 is 0.527 bits per heavy atom. The van der Waals surface area contributed by atoms with Gasteiger partial charge in [-0.25, -0.2) is 0 Å². The maximum Gasteiger partial charge on any atom is 0.306 e. The minimum absolute atomic E-state index is 0.0798. The molecule has 0 amide bonds. The molecule has 74 heavy (non-hydrogen) atoms. The van der Waals surface area contributed by atoms with Crippen LogP contribution in [0.1, 0.15) is 297 Å². The Labute approximate surface area is 457 Å². The monoisotopic (exact) mass is 1030 g/mol. The van der Waals surface area contributed by atoms with Crippen LogP contribution in [-0.2, 0) is 28.6 Å². The Kier molecular flexibility index (Phi) is 58.8. The summed E-state index contributed by atoms with van der Waals surface area (Å²) in [6, 6.07) is 0. The number of unbranched alkanes of at least 4 members (excludes halogenated alkanes) is 29. The highest BCUT2D eigenvalue weighted by atomic mass is 16.6.